The van der Waals surface area contributed by atoms with Gasteiger partial charge in [-0.2, -0.15) is 0 Å². The van der Waals surface area contributed by atoms with Crippen molar-refractivity contribution in [2.24, 2.45) is 0 Å². The van der Waals surface area contributed by atoms with E-state index in [2.05, 4.69) is 20.4 Å². The Balaban J connectivity index is 4.59. The molecule has 0 aliphatic heterocycles. The summed E-state index contributed by atoms with van der Waals surface area (Å²) in [7, 11) is 0. The highest BCUT2D eigenvalue weighted by Gasteiger charge is 2.32. The van der Waals surface area contributed by atoms with E-state index in [-0.39, 0.29) is 18.8 Å². The fraction of sp³-hybridized carbons (Fsp3) is 0.750. The van der Waals surface area contributed by atoms with E-state index in [1.54, 1.807) is 0 Å². The number of ether oxygens (including phenoxy) is 1. The van der Waals surface area contributed by atoms with Crippen LogP contribution in [-0.2, 0) is 9.53 Å². The zero-order valence-corrected chi connectivity index (χ0v) is 10.6. The minimum Gasteiger partial charge on any atom is -0.410 e. The van der Waals surface area contributed by atoms with Gasteiger partial charge in [-0.25, -0.2) is 4.79 Å². The van der Waals surface area contributed by atoms with Crippen LogP contribution in [0.2, 0.25) is 0 Å². The van der Waals surface area contributed by atoms with Gasteiger partial charge in [0, 0.05) is 26.0 Å². The van der Waals surface area contributed by atoms with Crippen LogP contribution >= 0.6 is 0 Å². The molecule has 1 unspecified atom stereocenters. The summed E-state index contributed by atoms with van der Waals surface area (Å²) in [5, 5.41) is 8.90. The molecule has 4 nitrogen and oxygen atoms in total. The van der Waals surface area contributed by atoms with Gasteiger partial charge in [-0.3, -0.25) is 4.48 Å². The first kappa shape index (κ1) is 15.1. The maximum absolute atomic E-state index is 11.2. The molecule has 0 aromatic carbocycles. The van der Waals surface area contributed by atoms with E-state index in [1.165, 1.54) is 6.08 Å². The van der Waals surface area contributed by atoms with Crippen LogP contribution in [-0.4, -0.2) is 48.0 Å². The Morgan fingerprint density at radius 2 is 2.06 bits per heavy atom. The minimum absolute atomic E-state index is 0.169. The Morgan fingerprint density at radius 3 is 2.44 bits per heavy atom. The monoisotopic (exact) mass is 230 g/mol. The molecule has 0 spiro atoms. The van der Waals surface area contributed by atoms with E-state index in [0.29, 0.717) is 4.48 Å². The number of quaternary nitrogens is 1. The second kappa shape index (κ2) is 7.41. The molecule has 16 heavy (non-hydrogen) atoms. The van der Waals surface area contributed by atoms with Crippen molar-refractivity contribution in [2.75, 3.05) is 26.2 Å². The summed E-state index contributed by atoms with van der Waals surface area (Å²) in [6.07, 6.45) is 1.70. The van der Waals surface area contributed by atoms with E-state index < -0.39 is 0 Å². The number of aliphatic hydroxyl groups is 1. The third kappa shape index (κ3) is 3.94. The first-order chi connectivity index (χ1) is 7.56. The Bertz CT molecular complexity index is 224. The van der Waals surface area contributed by atoms with Crippen molar-refractivity contribution in [1.82, 2.24) is 0 Å². The Hall–Kier alpha value is -0.870. The normalized spacial score (nSPS) is 13.2. The number of hydrogen-bond donors (Lipinski definition) is 1. The number of carbonyl (C=O) groups is 1. The molecule has 0 bridgehead atoms. The molecule has 0 radical (unpaired) electrons. The lowest BCUT2D eigenvalue weighted by Gasteiger charge is -2.40. The van der Waals surface area contributed by atoms with Crippen LogP contribution in [0.4, 0.5) is 0 Å². The van der Waals surface area contributed by atoms with E-state index in [1.807, 2.05) is 6.92 Å². The highest BCUT2D eigenvalue weighted by atomic mass is 16.6. The lowest BCUT2D eigenvalue weighted by Crippen LogP contribution is -2.56. The number of rotatable bonds is 8. The van der Waals surface area contributed by atoms with Crippen LogP contribution in [0.25, 0.3) is 0 Å². The second-order valence-corrected chi connectivity index (χ2v) is 3.89. The van der Waals surface area contributed by atoms with Gasteiger partial charge in [0.1, 0.15) is 0 Å². The zero-order chi connectivity index (χ0) is 12.6. The molecule has 0 saturated heterocycles. The average Bonchev–Trinajstić information content (AvgIpc) is 2.31. The minimum atomic E-state index is -0.388. The molecule has 0 rings (SSSR count). The van der Waals surface area contributed by atoms with Crippen LogP contribution in [0.1, 0.15) is 27.2 Å². The van der Waals surface area contributed by atoms with Gasteiger partial charge < -0.3 is 9.84 Å². The first-order valence-corrected chi connectivity index (χ1v) is 5.86. The van der Waals surface area contributed by atoms with Crippen molar-refractivity contribution in [3.8, 4) is 0 Å². The van der Waals surface area contributed by atoms with Crippen LogP contribution in [0.3, 0.4) is 0 Å². The predicted molar refractivity (Wildman–Crippen MR) is 63.7 cm³/mol. The predicted octanol–water partition coefficient (Wildman–Crippen LogP) is 1.30. The first-order valence-electron chi connectivity index (χ1n) is 5.86. The van der Waals surface area contributed by atoms with Crippen molar-refractivity contribution >= 4 is 5.97 Å². The lowest BCUT2D eigenvalue weighted by atomic mass is 10.2. The van der Waals surface area contributed by atoms with Gasteiger partial charge in [0.25, 0.3) is 0 Å². The number of aliphatic hydroxyl groups excluding tert-OH is 1. The van der Waals surface area contributed by atoms with Crippen molar-refractivity contribution < 1.29 is 19.1 Å². The molecule has 0 aliphatic carbocycles. The number of hydrogen-bond acceptors (Lipinski definition) is 3. The van der Waals surface area contributed by atoms with E-state index in [0.717, 1.165) is 26.1 Å². The van der Waals surface area contributed by atoms with Crippen molar-refractivity contribution in [3.05, 3.63) is 12.7 Å². The van der Waals surface area contributed by atoms with Gasteiger partial charge in [0.2, 0.25) is 6.23 Å². The molecule has 4 heteroatoms. The zero-order valence-electron chi connectivity index (χ0n) is 10.6. The van der Waals surface area contributed by atoms with E-state index in [4.69, 9.17) is 9.84 Å². The smallest absolute Gasteiger partial charge is 0.334 e. The molecule has 0 aromatic heterocycles. The molecule has 1 atom stereocenters. The summed E-state index contributed by atoms with van der Waals surface area (Å²) < 4.78 is 5.96. The van der Waals surface area contributed by atoms with Gasteiger partial charge >= 0.3 is 5.97 Å². The molecule has 94 valence electrons. The van der Waals surface area contributed by atoms with Crippen LogP contribution in [0, 0.1) is 0 Å². The third-order valence-corrected chi connectivity index (χ3v) is 3.25. The van der Waals surface area contributed by atoms with E-state index in [9.17, 15) is 4.79 Å². The van der Waals surface area contributed by atoms with Crippen molar-refractivity contribution in [1.29, 1.82) is 0 Å². The summed E-state index contributed by atoms with van der Waals surface area (Å²) in [6, 6.07) is 0. The largest absolute Gasteiger partial charge is 0.410 e. The Kier molecular flexibility index (Phi) is 7.01. The molecular formula is C12H24NO3+. The number of esters is 1. The molecule has 0 aromatic rings. The fourth-order valence-corrected chi connectivity index (χ4v) is 1.95. The summed E-state index contributed by atoms with van der Waals surface area (Å²) >= 11 is 0. The number of nitrogens with zero attached hydrogens (tertiary/aromatic N) is 1. The molecule has 0 heterocycles. The molecule has 1 N–H and O–H groups in total. The van der Waals surface area contributed by atoms with Gasteiger partial charge in [0.05, 0.1) is 19.6 Å². The highest BCUT2D eigenvalue weighted by Crippen LogP contribution is 2.16. The van der Waals surface area contributed by atoms with Gasteiger partial charge in [0.15, 0.2) is 0 Å². The standard InChI is InChI=1S/C12H24NO3/c1-5-12(15)16-11(4)13(6-2,7-3)9-8-10-14/h5,11,14H,1,6-10H2,2-4H3/q+1. The Labute approximate surface area is 98.1 Å². The molecule has 0 amide bonds. The van der Waals surface area contributed by atoms with Gasteiger partial charge in [-0.1, -0.05) is 6.58 Å². The van der Waals surface area contributed by atoms with Crippen molar-refractivity contribution in [3.63, 3.8) is 0 Å². The Morgan fingerprint density at radius 1 is 1.50 bits per heavy atom. The van der Waals surface area contributed by atoms with E-state index >= 15 is 0 Å². The summed E-state index contributed by atoms with van der Waals surface area (Å²) in [4.78, 5) is 11.2. The summed E-state index contributed by atoms with van der Waals surface area (Å²) in [5.74, 6) is -0.388. The maximum Gasteiger partial charge on any atom is 0.334 e. The topological polar surface area (TPSA) is 46.5 Å². The van der Waals surface area contributed by atoms with Crippen LogP contribution < -0.4 is 0 Å². The molecule has 0 saturated carbocycles. The van der Waals surface area contributed by atoms with Crippen LogP contribution in [0.15, 0.2) is 12.7 Å². The van der Waals surface area contributed by atoms with Gasteiger partial charge in [-0.05, 0) is 13.8 Å². The fourth-order valence-electron chi connectivity index (χ4n) is 1.95. The molecular weight excluding hydrogens is 206 g/mol. The third-order valence-electron chi connectivity index (χ3n) is 3.25. The lowest BCUT2D eigenvalue weighted by molar-refractivity contribution is -0.964. The molecule has 0 aliphatic rings. The molecule has 0 fully saturated rings. The highest BCUT2D eigenvalue weighted by molar-refractivity contribution is 5.81. The van der Waals surface area contributed by atoms with Crippen molar-refractivity contribution in [2.45, 2.75) is 33.4 Å². The summed E-state index contributed by atoms with van der Waals surface area (Å²) in [5.41, 5.74) is 0. The second-order valence-electron chi connectivity index (χ2n) is 3.89. The average molecular weight is 230 g/mol. The summed E-state index contributed by atoms with van der Waals surface area (Å²) in [6.45, 7) is 12.2. The maximum atomic E-state index is 11.2. The van der Waals surface area contributed by atoms with Gasteiger partial charge in [-0.15, -0.1) is 0 Å². The quantitative estimate of drug-likeness (QED) is 0.296. The number of carbonyl (C=O) groups excluding carboxylic acids is 1. The van der Waals surface area contributed by atoms with Crippen LogP contribution in [0.5, 0.6) is 0 Å². The SMILES string of the molecule is C=CC(=O)OC(C)[N+](CC)(CC)CCCO.